The number of rotatable bonds is 3. The van der Waals surface area contributed by atoms with Crippen molar-refractivity contribution in [3.63, 3.8) is 0 Å². The van der Waals surface area contributed by atoms with Gasteiger partial charge in [0.25, 0.3) is 0 Å². The van der Waals surface area contributed by atoms with Gasteiger partial charge in [0.05, 0.1) is 7.11 Å². The van der Waals surface area contributed by atoms with E-state index in [4.69, 9.17) is 4.52 Å². The third-order valence-electron chi connectivity index (χ3n) is 2.45. The molecular weight excluding hydrogens is 302 g/mol. The molecule has 0 unspecified atom stereocenters. The van der Waals surface area contributed by atoms with E-state index in [9.17, 15) is 9.90 Å². The van der Waals surface area contributed by atoms with Gasteiger partial charge in [0, 0.05) is 4.47 Å². The fourth-order valence-electron chi connectivity index (χ4n) is 1.51. The number of ether oxygens (including phenoxy) is 1. The SMILES string of the molecule is COC(=O)c1conc1[C@H](O)c1ccc(Br)cc1. The van der Waals surface area contributed by atoms with Gasteiger partial charge in [0.1, 0.15) is 23.6 Å². The van der Waals surface area contributed by atoms with Crippen molar-refractivity contribution in [3.8, 4) is 0 Å². The Morgan fingerprint density at radius 2 is 2.11 bits per heavy atom. The van der Waals surface area contributed by atoms with Gasteiger partial charge >= 0.3 is 5.97 Å². The lowest BCUT2D eigenvalue weighted by atomic mass is 10.0. The number of esters is 1. The van der Waals surface area contributed by atoms with Gasteiger partial charge < -0.3 is 14.4 Å². The first kappa shape index (κ1) is 12.8. The van der Waals surface area contributed by atoms with E-state index >= 15 is 0 Å². The lowest BCUT2D eigenvalue weighted by Gasteiger charge is -2.09. The van der Waals surface area contributed by atoms with Crippen LogP contribution in [0.3, 0.4) is 0 Å². The molecule has 1 N–H and O–H groups in total. The van der Waals surface area contributed by atoms with Crippen LogP contribution < -0.4 is 0 Å². The predicted octanol–water partition coefficient (Wildman–Crippen LogP) is 2.31. The number of aliphatic hydroxyl groups excluding tert-OH is 1. The molecule has 2 aromatic rings. The highest BCUT2D eigenvalue weighted by atomic mass is 79.9. The molecule has 0 aliphatic carbocycles. The van der Waals surface area contributed by atoms with Crippen molar-refractivity contribution in [2.75, 3.05) is 7.11 Å². The Balaban J connectivity index is 2.34. The van der Waals surface area contributed by atoms with Gasteiger partial charge in [-0.15, -0.1) is 0 Å². The molecule has 1 aromatic heterocycles. The number of nitrogens with zero attached hydrogens (tertiary/aromatic N) is 1. The van der Waals surface area contributed by atoms with Crippen molar-refractivity contribution in [3.05, 3.63) is 51.8 Å². The van der Waals surface area contributed by atoms with Crippen LogP contribution in [0.4, 0.5) is 0 Å². The van der Waals surface area contributed by atoms with Gasteiger partial charge in [-0.05, 0) is 17.7 Å². The molecule has 0 saturated carbocycles. The molecular formula is C12H10BrNO4. The van der Waals surface area contributed by atoms with Gasteiger partial charge in [-0.3, -0.25) is 0 Å². The van der Waals surface area contributed by atoms with E-state index in [0.717, 1.165) is 10.7 Å². The van der Waals surface area contributed by atoms with E-state index in [-0.39, 0.29) is 11.3 Å². The number of benzene rings is 1. The number of aromatic nitrogens is 1. The Kier molecular flexibility index (Phi) is 3.78. The van der Waals surface area contributed by atoms with Gasteiger partial charge in [-0.2, -0.15) is 0 Å². The van der Waals surface area contributed by atoms with Crippen LogP contribution in [0.5, 0.6) is 0 Å². The summed E-state index contributed by atoms with van der Waals surface area (Å²) in [6.45, 7) is 0. The van der Waals surface area contributed by atoms with Crippen LogP contribution >= 0.6 is 15.9 Å². The number of hydrogen-bond donors (Lipinski definition) is 1. The van der Waals surface area contributed by atoms with Gasteiger partial charge in [0.15, 0.2) is 0 Å². The Labute approximate surface area is 111 Å². The summed E-state index contributed by atoms with van der Waals surface area (Å²) in [5.74, 6) is -0.595. The lowest BCUT2D eigenvalue weighted by Crippen LogP contribution is -2.08. The zero-order chi connectivity index (χ0) is 13.1. The normalized spacial score (nSPS) is 12.2. The van der Waals surface area contributed by atoms with Crippen LogP contribution in [-0.4, -0.2) is 23.3 Å². The summed E-state index contributed by atoms with van der Waals surface area (Å²) in [6.07, 6.45) is 0.120. The summed E-state index contributed by atoms with van der Waals surface area (Å²) in [4.78, 5) is 11.4. The van der Waals surface area contributed by atoms with Crippen LogP contribution in [0.15, 0.2) is 39.5 Å². The van der Waals surface area contributed by atoms with Gasteiger partial charge in [0.2, 0.25) is 0 Å². The first-order chi connectivity index (χ1) is 8.63. The quantitative estimate of drug-likeness (QED) is 0.881. The fourth-order valence-corrected chi connectivity index (χ4v) is 1.77. The lowest BCUT2D eigenvalue weighted by molar-refractivity contribution is 0.0595. The maximum atomic E-state index is 11.4. The summed E-state index contributed by atoms with van der Waals surface area (Å²) >= 11 is 3.30. The monoisotopic (exact) mass is 311 g/mol. The van der Waals surface area contributed by atoms with Crippen molar-refractivity contribution in [2.45, 2.75) is 6.10 Å². The highest BCUT2D eigenvalue weighted by molar-refractivity contribution is 9.10. The molecule has 2 rings (SSSR count). The van der Waals surface area contributed by atoms with E-state index < -0.39 is 12.1 Å². The number of carbonyl (C=O) groups is 1. The highest BCUT2D eigenvalue weighted by Crippen LogP contribution is 2.25. The van der Waals surface area contributed by atoms with Crippen molar-refractivity contribution in [2.24, 2.45) is 0 Å². The topological polar surface area (TPSA) is 72.6 Å². The zero-order valence-electron chi connectivity index (χ0n) is 9.46. The van der Waals surface area contributed by atoms with Crippen molar-refractivity contribution in [1.29, 1.82) is 0 Å². The number of hydrogen-bond acceptors (Lipinski definition) is 5. The molecule has 0 radical (unpaired) electrons. The number of carbonyl (C=O) groups excluding carboxylic acids is 1. The summed E-state index contributed by atoms with van der Waals surface area (Å²) in [5.41, 5.74) is 0.870. The molecule has 0 saturated heterocycles. The first-order valence-corrected chi connectivity index (χ1v) is 5.89. The standard InChI is InChI=1S/C12H10BrNO4/c1-17-12(16)9-6-18-14-10(9)11(15)7-2-4-8(13)5-3-7/h2-6,11,15H,1H3/t11-/m1/s1. The largest absolute Gasteiger partial charge is 0.465 e. The molecule has 0 bridgehead atoms. The van der Waals surface area contributed by atoms with E-state index in [1.807, 2.05) is 0 Å². The summed E-state index contributed by atoms with van der Waals surface area (Å²) in [7, 11) is 1.26. The third-order valence-corrected chi connectivity index (χ3v) is 2.98. The molecule has 1 aromatic carbocycles. The molecule has 6 heteroatoms. The minimum atomic E-state index is -1.04. The second kappa shape index (κ2) is 5.32. The summed E-state index contributed by atoms with van der Waals surface area (Å²) in [6, 6.07) is 7.03. The number of aliphatic hydroxyl groups is 1. The Morgan fingerprint density at radius 1 is 1.44 bits per heavy atom. The van der Waals surface area contributed by atoms with Crippen LogP contribution in [0.25, 0.3) is 0 Å². The second-order valence-electron chi connectivity index (χ2n) is 3.56. The van der Waals surface area contributed by atoms with E-state index in [2.05, 4.69) is 25.8 Å². The van der Waals surface area contributed by atoms with Gasteiger partial charge in [-0.25, -0.2) is 4.79 Å². The molecule has 18 heavy (non-hydrogen) atoms. The maximum Gasteiger partial charge on any atom is 0.343 e. The minimum absolute atomic E-state index is 0.118. The third kappa shape index (κ3) is 2.44. The Bertz CT molecular complexity index is 549. The average Bonchev–Trinajstić information content (AvgIpc) is 2.87. The molecule has 0 aliphatic heterocycles. The van der Waals surface area contributed by atoms with Crippen molar-refractivity contribution in [1.82, 2.24) is 5.16 Å². The smallest absolute Gasteiger partial charge is 0.343 e. The van der Waals surface area contributed by atoms with Crippen LogP contribution in [0, 0.1) is 0 Å². The minimum Gasteiger partial charge on any atom is -0.465 e. The highest BCUT2D eigenvalue weighted by Gasteiger charge is 2.23. The molecule has 0 amide bonds. The average molecular weight is 312 g/mol. The Hall–Kier alpha value is -1.66. The van der Waals surface area contributed by atoms with Gasteiger partial charge in [-0.1, -0.05) is 33.2 Å². The second-order valence-corrected chi connectivity index (χ2v) is 4.47. The molecule has 0 spiro atoms. The van der Waals surface area contributed by atoms with Crippen LogP contribution in [0.2, 0.25) is 0 Å². The fraction of sp³-hybridized carbons (Fsp3) is 0.167. The number of halogens is 1. The molecule has 0 aliphatic rings. The molecule has 0 fully saturated rings. The summed E-state index contributed by atoms with van der Waals surface area (Å²) < 4.78 is 10.2. The first-order valence-electron chi connectivity index (χ1n) is 5.09. The Morgan fingerprint density at radius 3 is 2.72 bits per heavy atom. The van der Waals surface area contributed by atoms with E-state index in [1.54, 1.807) is 24.3 Å². The van der Waals surface area contributed by atoms with Crippen LogP contribution in [0.1, 0.15) is 27.7 Å². The van der Waals surface area contributed by atoms with Crippen molar-refractivity contribution < 1.29 is 19.2 Å². The number of methoxy groups -OCH3 is 1. The molecule has 5 nitrogen and oxygen atoms in total. The predicted molar refractivity (Wildman–Crippen MR) is 66.0 cm³/mol. The molecule has 94 valence electrons. The maximum absolute atomic E-state index is 11.4. The van der Waals surface area contributed by atoms with Crippen molar-refractivity contribution >= 4 is 21.9 Å². The zero-order valence-corrected chi connectivity index (χ0v) is 11.0. The molecule has 1 heterocycles. The molecule has 1 atom stereocenters. The van der Waals surface area contributed by atoms with E-state index in [0.29, 0.717) is 5.56 Å². The summed E-state index contributed by atoms with van der Waals surface area (Å²) in [5, 5.41) is 13.8. The van der Waals surface area contributed by atoms with Crippen LogP contribution in [-0.2, 0) is 4.74 Å². The van der Waals surface area contributed by atoms with E-state index in [1.165, 1.54) is 7.11 Å².